The van der Waals surface area contributed by atoms with Gasteiger partial charge in [0.1, 0.15) is 0 Å². The van der Waals surface area contributed by atoms with Crippen LogP contribution in [0.15, 0.2) is 29.4 Å². The van der Waals surface area contributed by atoms with Crippen LogP contribution in [0.3, 0.4) is 0 Å². The van der Waals surface area contributed by atoms with Crippen molar-refractivity contribution in [3.05, 3.63) is 56.6 Å². The molecule has 0 amide bonds. The Hall–Kier alpha value is -2.48. The van der Waals surface area contributed by atoms with E-state index in [2.05, 4.69) is 93.5 Å². The maximum atomic E-state index is 6.01. The first kappa shape index (κ1) is 22.3. The molecule has 0 radical (unpaired) electrons. The van der Waals surface area contributed by atoms with Crippen molar-refractivity contribution < 1.29 is 0 Å². The first-order valence-corrected chi connectivity index (χ1v) is 12.7. The zero-order valence-electron chi connectivity index (χ0n) is 22.0. The van der Waals surface area contributed by atoms with Crippen molar-refractivity contribution in [2.24, 2.45) is 5.18 Å². The molecular formula is C31H38NO+. The van der Waals surface area contributed by atoms with E-state index in [-0.39, 0.29) is 0 Å². The molecule has 0 bridgehead atoms. The quantitative estimate of drug-likeness (QED) is 0.171. The van der Waals surface area contributed by atoms with Gasteiger partial charge in [0.15, 0.2) is 10.9 Å². The molecule has 0 saturated carbocycles. The van der Waals surface area contributed by atoms with Crippen LogP contribution in [0, 0.1) is 4.54 Å². The van der Waals surface area contributed by atoms with E-state index < -0.39 is 5.60 Å². The lowest BCUT2D eigenvalue weighted by atomic mass is 9.77. The molecule has 33 heavy (non-hydrogen) atoms. The summed E-state index contributed by atoms with van der Waals surface area (Å²) in [7, 11) is 0. The molecule has 1 aliphatic rings. The zero-order chi connectivity index (χ0) is 24.0. The monoisotopic (exact) mass is 441 g/mol. The Morgan fingerprint density at radius 3 is 1.55 bits per heavy atom. The predicted octanol–water partition coefficient (Wildman–Crippen LogP) is 10.3. The van der Waals surface area contributed by atoms with Gasteiger partial charge in [-0.05, 0) is 85.7 Å². The third-order valence-corrected chi connectivity index (χ3v) is 7.72. The smallest absolute Gasteiger partial charge is 0.106 e. The van der Waals surface area contributed by atoms with Crippen LogP contribution < -0.4 is 0 Å². The van der Waals surface area contributed by atoms with Crippen molar-refractivity contribution in [1.29, 1.82) is 0 Å². The summed E-state index contributed by atoms with van der Waals surface area (Å²) >= 11 is 0. The second kappa shape index (κ2) is 7.26. The van der Waals surface area contributed by atoms with Crippen LogP contribution in [0.1, 0.15) is 121 Å². The molecular weight excluding hydrogens is 403 g/mol. The molecule has 0 aromatic heterocycles. The average Bonchev–Trinajstić information content (AvgIpc) is 3.04. The number of hydrogen-bond donors (Lipinski definition) is 0. The van der Waals surface area contributed by atoms with Gasteiger partial charge in [-0.15, -0.1) is 4.54 Å². The summed E-state index contributed by atoms with van der Waals surface area (Å²) in [4.78, 5) is 0. The molecule has 1 aliphatic heterocycles. The van der Waals surface area contributed by atoms with Crippen LogP contribution in [0.5, 0.6) is 0 Å². The minimum Gasteiger partial charge on any atom is -0.106 e. The zero-order valence-corrected chi connectivity index (χ0v) is 22.0. The van der Waals surface area contributed by atoms with Crippen molar-refractivity contribution in [3.63, 3.8) is 0 Å². The number of nitrogens with zero attached hydrogens (tertiary/aromatic N) is 1. The fraction of sp³-hybridized carbons (Fsp3) is 0.484. The fourth-order valence-corrected chi connectivity index (χ4v) is 5.89. The second-order valence-electron chi connectivity index (χ2n) is 11.8. The van der Waals surface area contributed by atoms with E-state index >= 15 is 0 Å². The molecule has 1 heterocycles. The summed E-state index contributed by atoms with van der Waals surface area (Å²) in [6, 6.07) is 9.86. The van der Waals surface area contributed by atoms with Gasteiger partial charge in [-0.2, -0.15) is 0 Å². The predicted molar refractivity (Wildman–Crippen MR) is 145 cm³/mol. The van der Waals surface area contributed by atoms with E-state index in [0.717, 1.165) is 5.69 Å². The Bertz CT molecular complexity index is 1410. The van der Waals surface area contributed by atoms with Crippen molar-refractivity contribution in [1.82, 2.24) is 0 Å². The summed E-state index contributed by atoms with van der Waals surface area (Å²) in [6.07, 6.45) is 0. The lowest BCUT2D eigenvalue weighted by molar-refractivity contribution is 0.672. The molecule has 0 unspecified atom stereocenters. The van der Waals surface area contributed by atoms with E-state index in [1.807, 2.05) is 0 Å². The number of rotatable bonds is 4. The van der Waals surface area contributed by atoms with Crippen molar-refractivity contribution >= 4 is 38.0 Å². The molecule has 2 nitrogen and oxygen atoms in total. The Morgan fingerprint density at radius 2 is 1.03 bits per heavy atom. The summed E-state index contributed by atoms with van der Waals surface area (Å²) in [6.45, 7) is 22.8. The topological polar surface area (TPSA) is 23.7 Å². The molecule has 172 valence electrons. The van der Waals surface area contributed by atoms with E-state index in [9.17, 15) is 0 Å². The summed E-state index contributed by atoms with van der Waals surface area (Å²) in [5, 5.41) is 13.0. The van der Waals surface area contributed by atoms with Gasteiger partial charge >= 0.3 is 5.60 Å². The highest BCUT2D eigenvalue weighted by Gasteiger charge is 2.44. The molecule has 0 spiro atoms. The minimum absolute atomic E-state index is 0.398. The third-order valence-electron chi connectivity index (χ3n) is 7.72. The highest BCUT2D eigenvalue weighted by molar-refractivity contribution is 6.28. The first-order chi connectivity index (χ1) is 15.4. The summed E-state index contributed by atoms with van der Waals surface area (Å²) < 4.78 is 6.01. The van der Waals surface area contributed by atoms with Crippen LogP contribution in [-0.2, 0) is 5.60 Å². The molecule has 5 rings (SSSR count). The van der Waals surface area contributed by atoms with Crippen molar-refractivity contribution in [3.8, 4) is 0 Å². The number of benzene rings is 4. The molecule has 0 N–H and O–H groups in total. The van der Waals surface area contributed by atoms with Gasteiger partial charge in [0, 0.05) is 24.6 Å². The maximum absolute atomic E-state index is 6.01. The average molecular weight is 442 g/mol. The largest absolute Gasteiger partial charge is 0.345 e. The van der Waals surface area contributed by atoms with Gasteiger partial charge in [0.05, 0.1) is 5.56 Å². The summed E-state index contributed by atoms with van der Waals surface area (Å²) in [5.74, 6) is 1.77. The second-order valence-corrected chi connectivity index (χ2v) is 11.8. The molecule has 0 aliphatic carbocycles. The highest BCUT2D eigenvalue weighted by Crippen LogP contribution is 2.53. The van der Waals surface area contributed by atoms with Crippen LogP contribution in [0.4, 0.5) is 5.69 Å². The number of fused-ring (bicyclic) bond motifs is 2. The maximum Gasteiger partial charge on any atom is 0.345 e. The van der Waals surface area contributed by atoms with Crippen molar-refractivity contribution in [2.75, 3.05) is 0 Å². The number of hydrogen-bond acceptors (Lipinski definition) is 1. The van der Waals surface area contributed by atoms with E-state index in [1.54, 1.807) is 0 Å². The van der Waals surface area contributed by atoms with Gasteiger partial charge in [0.2, 0.25) is 0 Å². The Balaban J connectivity index is 2.17. The molecule has 0 saturated heterocycles. The van der Waals surface area contributed by atoms with E-state index in [4.69, 9.17) is 9.71 Å². The normalized spacial score (nSPS) is 15.6. The standard InChI is InChI=1S/C31H38NO/c1-15(2)19-11-20(16(3)4)24-13-22(18(7)8)29-28-25(14-26-30(29)32-33-31(26,9)10)21(17(5)6)12-23(19)27(24)28/h11-18H,1-10H3/q+1/i32+1. The molecule has 4 aromatic carbocycles. The van der Waals surface area contributed by atoms with Crippen LogP contribution >= 0.6 is 0 Å². The van der Waals surface area contributed by atoms with Gasteiger partial charge in [-0.3, -0.25) is 0 Å². The van der Waals surface area contributed by atoms with Gasteiger partial charge < -0.3 is 0 Å². The lowest BCUT2D eigenvalue weighted by Gasteiger charge is -2.26. The molecule has 4 aromatic rings. The SMILES string of the molecule is CC(C)c1cc(C(C)C)c2cc(C(C)C)c3c4c(cc5c(C(C)C)cc1c2c53)C(C)(C)[O+]=[15N]4. The van der Waals surface area contributed by atoms with Crippen LogP contribution in [0.2, 0.25) is 0 Å². The number of nitroso groups, excluding NO2 is 1. The first-order valence-electron chi connectivity index (χ1n) is 12.7. The van der Waals surface area contributed by atoms with E-state index in [1.165, 1.54) is 60.1 Å². The van der Waals surface area contributed by atoms with Gasteiger partial charge in [0.25, 0.3) is 0 Å². The Labute approximate surface area is 198 Å². The highest BCUT2D eigenvalue weighted by atomic mass is 16.6. The lowest BCUT2D eigenvalue weighted by Crippen LogP contribution is -2.12. The molecule has 2 heteroatoms. The minimum atomic E-state index is -0.408. The van der Waals surface area contributed by atoms with Gasteiger partial charge in [-0.25, -0.2) is 0 Å². The Morgan fingerprint density at radius 1 is 0.576 bits per heavy atom. The van der Waals surface area contributed by atoms with Gasteiger partial charge in [-0.1, -0.05) is 61.5 Å². The van der Waals surface area contributed by atoms with Crippen LogP contribution in [0.25, 0.3) is 32.3 Å². The van der Waals surface area contributed by atoms with E-state index in [0.29, 0.717) is 23.7 Å². The molecule has 0 atom stereocenters. The Kier molecular flexibility index (Phi) is 4.91. The fourth-order valence-electron chi connectivity index (χ4n) is 5.89. The third kappa shape index (κ3) is 3.06. The summed E-state index contributed by atoms with van der Waals surface area (Å²) in [5.41, 5.74) is 7.58. The van der Waals surface area contributed by atoms with Crippen molar-refractivity contribution in [2.45, 2.75) is 98.5 Å². The van der Waals surface area contributed by atoms with Crippen LogP contribution in [-0.4, -0.2) is 0 Å². The molecule has 0 fully saturated rings.